The third kappa shape index (κ3) is 5.11. The van der Waals surface area contributed by atoms with Crippen LogP contribution >= 0.6 is 0 Å². The molecule has 0 amide bonds. The summed E-state index contributed by atoms with van der Waals surface area (Å²) in [5.41, 5.74) is 11.3. The standard InChI is InChI=1S/C50H32N6/c1-3-15-33(16-4-1)48-52-49(34-17-5-2-6-18-34)54-50(53-48)35-27-28-46(55-42-23-11-7-19-36(42)37-20-8-12-24-43(37)55)41(31-35)40-29-30-51-32-47(40)56-44-25-13-9-21-38(44)39-22-10-14-26-45(39)56/h1-32H. The Morgan fingerprint density at radius 1 is 0.321 bits per heavy atom. The van der Waals surface area contributed by atoms with E-state index < -0.39 is 0 Å². The molecular weight excluding hydrogens is 685 g/mol. The molecule has 6 nitrogen and oxygen atoms in total. The van der Waals surface area contributed by atoms with E-state index in [0.717, 1.165) is 61.3 Å². The van der Waals surface area contributed by atoms with E-state index in [2.05, 4.69) is 130 Å². The van der Waals surface area contributed by atoms with Crippen molar-refractivity contribution in [3.05, 3.63) is 194 Å². The second-order valence-electron chi connectivity index (χ2n) is 13.9. The van der Waals surface area contributed by atoms with Gasteiger partial charge in [0.15, 0.2) is 17.5 Å². The van der Waals surface area contributed by atoms with Crippen molar-refractivity contribution in [1.29, 1.82) is 0 Å². The number of hydrogen-bond donors (Lipinski definition) is 0. The Morgan fingerprint density at radius 3 is 1.21 bits per heavy atom. The van der Waals surface area contributed by atoms with Gasteiger partial charge in [-0.15, -0.1) is 0 Å². The highest BCUT2D eigenvalue weighted by Crippen LogP contribution is 2.42. The molecule has 6 heteroatoms. The summed E-state index contributed by atoms with van der Waals surface area (Å²) >= 11 is 0. The van der Waals surface area contributed by atoms with Gasteiger partial charge < -0.3 is 9.13 Å². The monoisotopic (exact) mass is 716 g/mol. The van der Waals surface area contributed by atoms with Gasteiger partial charge in [-0.3, -0.25) is 4.98 Å². The van der Waals surface area contributed by atoms with E-state index in [1.54, 1.807) is 0 Å². The normalized spacial score (nSPS) is 11.6. The lowest BCUT2D eigenvalue weighted by Gasteiger charge is -2.19. The molecule has 4 heterocycles. The molecule has 0 aliphatic carbocycles. The highest BCUT2D eigenvalue weighted by molar-refractivity contribution is 6.11. The van der Waals surface area contributed by atoms with E-state index in [1.165, 1.54) is 21.5 Å². The first-order valence-corrected chi connectivity index (χ1v) is 18.7. The van der Waals surface area contributed by atoms with Crippen molar-refractivity contribution in [1.82, 2.24) is 29.1 Å². The number of pyridine rings is 1. The Hall–Kier alpha value is -7.70. The molecule has 0 unspecified atom stereocenters. The number of hydrogen-bond acceptors (Lipinski definition) is 4. The number of rotatable bonds is 6. The van der Waals surface area contributed by atoms with Crippen LogP contribution in [0.25, 0.3) is 100 Å². The number of fused-ring (bicyclic) bond motifs is 6. The van der Waals surface area contributed by atoms with Crippen LogP contribution in [0.1, 0.15) is 0 Å². The molecule has 4 aromatic heterocycles. The third-order valence-corrected chi connectivity index (χ3v) is 10.7. The Bertz CT molecular complexity index is 3090. The fraction of sp³-hybridized carbons (Fsp3) is 0. The topological polar surface area (TPSA) is 61.4 Å². The highest BCUT2D eigenvalue weighted by atomic mass is 15.0. The van der Waals surface area contributed by atoms with Crippen molar-refractivity contribution in [3.63, 3.8) is 0 Å². The van der Waals surface area contributed by atoms with Crippen LogP contribution in [-0.4, -0.2) is 29.1 Å². The Labute approximate surface area is 322 Å². The fourth-order valence-corrected chi connectivity index (χ4v) is 8.18. The summed E-state index contributed by atoms with van der Waals surface area (Å²) in [5.74, 6) is 1.84. The van der Waals surface area contributed by atoms with Crippen LogP contribution in [0.2, 0.25) is 0 Å². The van der Waals surface area contributed by atoms with Crippen LogP contribution in [0, 0.1) is 0 Å². The average Bonchev–Trinajstić information content (AvgIpc) is 3.80. The number of nitrogens with zero attached hydrogens (tertiary/aromatic N) is 6. The van der Waals surface area contributed by atoms with Crippen LogP contribution in [0.4, 0.5) is 0 Å². The molecule has 262 valence electrons. The van der Waals surface area contributed by atoms with Crippen molar-refractivity contribution in [2.45, 2.75) is 0 Å². The Kier molecular flexibility index (Phi) is 7.38. The molecule has 0 radical (unpaired) electrons. The van der Waals surface area contributed by atoms with Gasteiger partial charge >= 0.3 is 0 Å². The van der Waals surface area contributed by atoms with Gasteiger partial charge in [-0.05, 0) is 48.5 Å². The lowest BCUT2D eigenvalue weighted by atomic mass is 9.99. The van der Waals surface area contributed by atoms with E-state index in [4.69, 9.17) is 19.9 Å². The van der Waals surface area contributed by atoms with Crippen molar-refractivity contribution >= 4 is 43.6 Å². The van der Waals surface area contributed by atoms with Gasteiger partial charge in [0, 0.05) is 55.6 Å². The molecule has 0 N–H and O–H groups in total. The van der Waals surface area contributed by atoms with Crippen molar-refractivity contribution < 1.29 is 0 Å². The summed E-state index contributed by atoms with van der Waals surface area (Å²) in [5, 5.41) is 4.79. The van der Waals surface area contributed by atoms with Crippen molar-refractivity contribution in [2.75, 3.05) is 0 Å². The van der Waals surface area contributed by atoms with Crippen LogP contribution in [0.3, 0.4) is 0 Å². The largest absolute Gasteiger partial charge is 0.309 e. The average molecular weight is 717 g/mol. The van der Waals surface area contributed by atoms with Crippen LogP contribution in [0.15, 0.2) is 194 Å². The van der Waals surface area contributed by atoms with E-state index in [-0.39, 0.29) is 0 Å². The SMILES string of the molecule is c1ccc(-c2nc(-c3ccccc3)nc(-c3ccc(-n4c5ccccc5c5ccccc54)c(-c4ccncc4-n4c5ccccc5c5ccccc54)c3)n2)cc1. The van der Waals surface area contributed by atoms with Crippen LogP contribution in [0.5, 0.6) is 0 Å². The van der Waals surface area contributed by atoms with E-state index in [1.807, 2.05) is 73.1 Å². The molecule has 0 atom stereocenters. The predicted molar refractivity (Wildman–Crippen MR) is 228 cm³/mol. The first-order chi connectivity index (χ1) is 27.8. The van der Waals surface area contributed by atoms with Gasteiger partial charge in [0.05, 0.1) is 39.6 Å². The fourth-order valence-electron chi connectivity index (χ4n) is 8.18. The summed E-state index contributed by atoms with van der Waals surface area (Å²) < 4.78 is 4.73. The molecule has 56 heavy (non-hydrogen) atoms. The second-order valence-corrected chi connectivity index (χ2v) is 13.9. The maximum absolute atomic E-state index is 5.13. The molecule has 0 spiro atoms. The van der Waals surface area contributed by atoms with Gasteiger partial charge in [-0.1, -0.05) is 133 Å². The van der Waals surface area contributed by atoms with Crippen molar-refractivity contribution in [3.8, 4) is 56.7 Å². The highest BCUT2D eigenvalue weighted by Gasteiger charge is 2.22. The van der Waals surface area contributed by atoms with Crippen molar-refractivity contribution in [2.24, 2.45) is 0 Å². The number of aromatic nitrogens is 6. The summed E-state index contributed by atoms with van der Waals surface area (Å²) in [6.07, 6.45) is 3.87. The number of benzene rings is 7. The van der Waals surface area contributed by atoms with Gasteiger partial charge in [-0.2, -0.15) is 0 Å². The zero-order valence-electron chi connectivity index (χ0n) is 30.2. The summed E-state index contributed by atoms with van der Waals surface area (Å²) in [6.45, 7) is 0. The van der Waals surface area contributed by atoms with Crippen LogP contribution < -0.4 is 0 Å². The molecule has 0 saturated carbocycles. The Balaban J connectivity index is 1.22. The van der Waals surface area contributed by atoms with Crippen LogP contribution in [-0.2, 0) is 0 Å². The zero-order chi connectivity index (χ0) is 37.0. The maximum Gasteiger partial charge on any atom is 0.164 e. The molecule has 11 aromatic rings. The molecule has 7 aromatic carbocycles. The lowest BCUT2D eigenvalue weighted by molar-refractivity contribution is 1.07. The molecule has 0 bridgehead atoms. The minimum absolute atomic E-state index is 0.597. The molecule has 11 rings (SSSR count). The molecule has 0 fully saturated rings. The Morgan fingerprint density at radius 2 is 0.732 bits per heavy atom. The van der Waals surface area contributed by atoms with E-state index in [9.17, 15) is 0 Å². The summed E-state index contributed by atoms with van der Waals surface area (Å²) in [4.78, 5) is 20.0. The first kappa shape index (κ1) is 31.8. The maximum atomic E-state index is 5.13. The summed E-state index contributed by atoms with van der Waals surface area (Å²) in [7, 11) is 0. The minimum atomic E-state index is 0.597. The predicted octanol–water partition coefficient (Wildman–Crippen LogP) is 12.1. The van der Waals surface area contributed by atoms with E-state index in [0.29, 0.717) is 17.5 Å². The smallest absolute Gasteiger partial charge is 0.164 e. The molecule has 0 aliphatic heterocycles. The summed E-state index contributed by atoms with van der Waals surface area (Å²) in [6, 6.07) is 63.4. The second kappa shape index (κ2) is 13.0. The molecular formula is C50H32N6. The lowest BCUT2D eigenvalue weighted by Crippen LogP contribution is -2.04. The van der Waals surface area contributed by atoms with Gasteiger partial charge in [0.1, 0.15) is 0 Å². The first-order valence-electron chi connectivity index (χ1n) is 18.7. The van der Waals surface area contributed by atoms with Gasteiger partial charge in [0.25, 0.3) is 0 Å². The van der Waals surface area contributed by atoms with Gasteiger partial charge in [0.2, 0.25) is 0 Å². The molecule has 0 aliphatic rings. The third-order valence-electron chi connectivity index (χ3n) is 10.7. The minimum Gasteiger partial charge on any atom is -0.309 e. The van der Waals surface area contributed by atoms with Gasteiger partial charge in [-0.25, -0.2) is 15.0 Å². The number of para-hydroxylation sites is 4. The quantitative estimate of drug-likeness (QED) is 0.172. The zero-order valence-corrected chi connectivity index (χ0v) is 30.2. The van der Waals surface area contributed by atoms with E-state index >= 15 is 0 Å². The molecule has 0 saturated heterocycles.